The molecule has 1 saturated heterocycles. The van der Waals surface area contributed by atoms with Crippen molar-refractivity contribution in [1.29, 1.82) is 0 Å². The first-order valence-corrected chi connectivity index (χ1v) is 7.23. The Morgan fingerprint density at radius 2 is 2.21 bits per heavy atom. The quantitative estimate of drug-likeness (QED) is 0.902. The Morgan fingerprint density at radius 1 is 1.47 bits per heavy atom. The molecule has 2 fully saturated rings. The predicted octanol–water partition coefficient (Wildman–Crippen LogP) is 2.82. The lowest BCUT2D eigenvalue weighted by molar-refractivity contribution is -0.137. The normalized spacial score (nSPS) is 20.9. The van der Waals surface area contributed by atoms with Gasteiger partial charge in [-0.1, -0.05) is 6.07 Å². The number of hydrogen-bond donors (Lipinski definition) is 1. The fourth-order valence-electron chi connectivity index (χ4n) is 2.40. The number of aliphatic carboxylic acids is 1. The SMILES string of the molecule is O=C(O)CC1(c2ccc(SC3COC3)c(F)c2)CC1. The highest BCUT2D eigenvalue weighted by Crippen LogP contribution is 2.51. The molecule has 3 nitrogen and oxygen atoms in total. The second kappa shape index (κ2) is 4.80. The highest BCUT2D eigenvalue weighted by molar-refractivity contribution is 8.00. The molecule has 1 N–H and O–H groups in total. The Balaban J connectivity index is 1.77. The number of rotatable bonds is 5. The van der Waals surface area contributed by atoms with Gasteiger partial charge in [0.05, 0.1) is 24.9 Å². The van der Waals surface area contributed by atoms with Crippen LogP contribution in [0.3, 0.4) is 0 Å². The standard InChI is InChI=1S/C14H15FO3S/c15-11-5-9(14(3-4-14)6-13(16)17)1-2-12(11)19-10-7-18-8-10/h1-2,5,10H,3-4,6-8H2,(H,16,17). The molecule has 0 amide bonds. The van der Waals surface area contributed by atoms with Gasteiger partial charge >= 0.3 is 5.97 Å². The number of carboxylic acid groups (broad SMARTS) is 1. The molecule has 2 aliphatic rings. The van der Waals surface area contributed by atoms with Gasteiger partial charge in [0.1, 0.15) is 5.82 Å². The van der Waals surface area contributed by atoms with E-state index < -0.39 is 5.97 Å². The van der Waals surface area contributed by atoms with Crippen molar-refractivity contribution in [2.75, 3.05) is 13.2 Å². The van der Waals surface area contributed by atoms with Gasteiger partial charge in [-0.3, -0.25) is 4.79 Å². The number of carbonyl (C=O) groups is 1. The van der Waals surface area contributed by atoms with Crippen LogP contribution in [0.1, 0.15) is 24.8 Å². The highest BCUT2D eigenvalue weighted by Gasteiger charge is 2.46. The van der Waals surface area contributed by atoms with Gasteiger partial charge in [-0.05, 0) is 30.5 Å². The number of hydrogen-bond acceptors (Lipinski definition) is 3. The summed E-state index contributed by atoms with van der Waals surface area (Å²) in [6.07, 6.45) is 1.76. The maximum atomic E-state index is 14.1. The summed E-state index contributed by atoms with van der Waals surface area (Å²) in [4.78, 5) is 11.5. The fraction of sp³-hybridized carbons (Fsp3) is 0.500. The van der Waals surface area contributed by atoms with Crippen LogP contribution in [0.25, 0.3) is 0 Å². The molecule has 0 bridgehead atoms. The fourth-order valence-corrected chi connectivity index (χ4v) is 3.40. The molecule has 0 unspecified atom stereocenters. The van der Waals surface area contributed by atoms with Crippen LogP contribution in [0, 0.1) is 5.82 Å². The van der Waals surface area contributed by atoms with E-state index in [1.54, 1.807) is 6.07 Å². The van der Waals surface area contributed by atoms with Crippen molar-refractivity contribution in [2.24, 2.45) is 0 Å². The van der Waals surface area contributed by atoms with Gasteiger partial charge in [-0.25, -0.2) is 4.39 Å². The van der Waals surface area contributed by atoms with Crippen LogP contribution >= 0.6 is 11.8 Å². The van der Waals surface area contributed by atoms with Gasteiger partial charge in [-0.15, -0.1) is 11.8 Å². The first-order valence-electron chi connectivity index (χ1n) is 6.35. The number of benzene rings is 1. The molecule has 5 heteroatoms. The van der Waals surface area contributed by atoms with E-state index in [4.69, 9.17) is 9.84 Å². The lowest BCUT2D eigenvalue weighted by Crippen LogP contribution is -2.30. The van der Waals surface area contributed by atoms with Crippen LogP contribution < -0.4 is 0 Å². The first kappa shape index (κ1) is 12.9. The zero-order valence-corrected chi connectivity index (χ0v) is 11.2. The van der Waals surface area contributed by atoms with Crippen molar-refractivity contribution in [3.8, 4) is 0 Å². The molecule has 1 aliphatic carbocycles. The smallest absolute Gasteiger partial charge is 0.304 e. The second-order valence-corrected chi connectivity index (χ2v) is 6.62. The van der Waals surface area contributed by atoms with Crippen LogP contribution in [0.5, 0.6) is 0 Å². The molecular formula is C14H15FO3S. The summed E-state index contributed by atoms with van der Waals surface area (Å²) >= 11 is 1.49. The highest BCUT2D eigenvalue weighted by atomic mass is 32.2. The summed E-state index contributed by atoms with van der Waals surface area (Å²) in [5.74, 6) is -1.06. The van der Waals surface area contributed by atoms with Crippen molar-refractivity contribution in [2.45, 2.75) is 34.8 Å². The minimum Gasteiger partial charge on any atom is -0.481 e. The average Bonchev–Trinajstić information content (AvgIpc) is 3.05. The van der Waals surface area contributed by atoms with Crippen molar-refractivity contribution in [3.63, 3.8) is 0 Å². The maximum absolute atomic E-state index is 14.1. The zero-order chi connectivity index (χ0) is 13.5. The molecule has 0 atom stereocenters. The van der Waals surface area contributed by atoms with Gasteiger partial charge in [0.15, 0.2) is 0 Å². The minimum atomic E-state index is -0.817. The lowest BCUT2D eigenvalue weighted by atomic mass is 9.92. The Labute approximate surface area is 115 Å². The molecule has 102 valence electrons. The van der Waals surface area contributed by atoms with Gasteiger partial charge in [0, 0.05) is 10.3 Å². The number of halogens is 1. The molecule has 0 spiro atoms. The van der Waals surface area contributed by atoms with Crippen molar-refractivity contribution in [3.05, 3.63) is 29.6 Å². The van der Waals surface area contributed by atoms with Gasteiger partial charge in [0.25, 0.3) is 0 Å². The molecule has 1 aliphatic heterocycles. The predicted molar refractivity (Wildman–Crippen MR) is 70.0 cm³/mol. The summed E-state index contributed by atoms with van der Waals surface area (Å²) < 4.78 is 19.1. The van der Waals surface area contributed by atoms with E-state index in [0.29, 0.717) is 23.4 Å². The van der Waals surface area contributed by atoms with Gasteiger partial charge < -0.3 is 9.84 Å². The minimum absolute atomic E-state index is 0.0927. The largest absolute Gasteiger partial charge is 0.481 e. The van der Waals surface area contributed by atoms with E-state index in [-0.39, 0.29) is 17.7 Å². The first-order chi connectivity index (χ1) is 9.09. The summed E-state index contributed by atoms with van der Waals surface area (Å²) in [5.41, 5.74) is 0.497. The molecule has 1 saturated carbocycles. The summed E-state index contributed by atoms with van der Waals surface area (Å²) in [5, 5.41) is 9.26. The molecule has 19 heavy (non-hydrogen) atoms. The lowest BCUT2D eigenvalue weighted by Gasteiger charge is -2.25. The monoisotopic (exact) mass is 282 g/mol. The second-order valence-electron chi connectivity index (χ2n) is 5.27. The Morgan fingerprint density at radius 3 is 2.68 bits per heavy atom. The number of ether oxygens (including phenoxy) is 1. The average molecular weight is 282 g/mol. The third-order valence-corrected chi connectivity index (χ3v) is 4.98. The molecule has 0 radical (unpaired) electrons. The van der Waals surface area contributed by atoms with Crippen LogP contribution in [0.2, 0.25) is 0 Å². The number of carboxylic acids is 1. The van der Waals surface area contributed by atoms with E-state index in [2.05, 4.69) is 0 Å². The third kappa shape index (κ3) is 2.62. The Kier molecular flexibility index (Phi) is 3.27. The van der Waals surface area contributed by atoms with E-state index >= 15 is 0 Å². The molecule has 1 aromatic carbocycles. The molecule has 3 rings (SSSR count). The van der Waals surface area contributed by atoms with Crippen LogP contribution in [-0.4, -0.2) is 29.5 Å². The van der Waals surface area contributed by atoms with E-state index in [0.717, 1.165) is 18.4 Å². The van der Waals surface area contributed by atoms with Gasteiger partial charge in [-0.2, -0.15) is 0 Å². The summed E-state index contributed by atoms with van der Waals surface area (Å²) in [7, 11) is 0. The van der Waals surface area contributed by atoms with Crippen LogP contribution in [0.4, 0.5) is 4.39 Å². The van der Waals surface area contributed by atoms with Crippen molar-refractivity contribution < 1.29 is 19.0 Å². The van der Waals surface area contributed by atoms with E-state index in [1.807, 2.05) is 6.07 Å². The topological polar surface area (TPSA) is 46.5 Å². The maximum Gasteiger partial charge on any atom is 0.304 e. The van der Waals surface area contributed by atoms with Crippen molar-refractivity contribution in [1.82, 2.24) is 0 Å². The Bertz CT molecular complexity index is 509. The van der Waals surface area contributed by atoms with Crippen LogP contribution in [0.15, 0.2) is 23.1 Å². The summed E-state index contributed by atoms with van der Waals surface area (Å²) in [6.45, 7) is 1.35. The van der Waals surface area contributed by atoms with Crippen molar-refractivity contribution >= 4 is 17.7 Å². The third-order valence-electron chi connectivity index (χ3n) is 3.79. The van der Waals surface area contributed by atoms with E-state index in [1.165, 1.54) is 17.8 Å². The van der Waals surface area contributed by atoms with E-state index in [9.17, 15) is 9.18 Å². The van der Waals surface area contributed by atoms with Crippen LogP contribution in [-0.2, 0) is 14.9 Å². The Hall–Kier alpha value is -1.07. The van der Waals surface area contributed by atoms with Gasteiger partial charge in [0.2, 0.25) is 0 Å². The zero-order valence-electron chi connectivity index (χ0n) is 10.4. The molecular weight excluding hydrogens is 267 g/mol. The number of thioether (sulfide) groups is 1. The molecule has 0 aromatic heterocycles. The molecule has 1 aromatic rings. The molecule has 1 heterocycles. The summed E-state index contributed by atoms with van der Waals surface area (Å²) in [6, 6.07) is 5.16.